The van der Waals surface area contributed by atoms with Gasteiger partial charge < -0.3 is 5.32 Å². The van der Waals surface area contributed by atoms with E-state index in [2.05, 4.69) is 29.6 Å². The van der Waals surface area contributed by atoms with E-state index in [1.165, 1.54) is 22.5 Å². The molecule has 18 heavy (non-hydrogen) atoms. The van der Waals surface area contributed by atoms with Gasteiger partial charge in [-0.25, -0.2) is 0 Å². The van der Waals surface area contributed by atoms with Gasteiger partial charge in [0.15, 0.2) is 0 Å². The molecule has 1 atom stereocenters. The normalized spacial score (nSPS) is 18.1. The lowest BCUT2D eigenvalue weighted by Gasteiger charge is -2.26. The summed E-state index contributed by atoms with van der Waals surface area (Å²) in [6, 6.07) is 12.4. The largest absolute Gasteiger partial charge is 0.345 e. The van der Waals surface area contributed by atoms with Gasteiger partial charge in [0.25, 0.3) is 5.91 Å². The van der Waals surface area contributed by atoms with Gasteiger partial charge in [-0.3, -0.25) is 4.79 Å². The number of hydrogen-bond donors (Lipinski definition) is 1. The molecule has 1 aromatic heterocycles. The molecule has 1 heterocycles. The maximum absolute atomic E-state index is 12.1. The van der Waals surface area contributed by atoms with Crippen LogP contribution >= 0.6 is 11.3 Å². The van der Waals surface area contributed by atoms with Crippen LogP contribution in [-0.4, -0.2) is 5.91 Å². The molecule has 0 spiro atoms. The van der Waals surface area contributed by atoms with E-state index in [9.17, 15) is 4.79 Å². The zero-order valence-corrected chi connectivity index (χ0v) is 10.9. The number of amides is 1. The highest BCUT2D eigenvalue weighted by Crippen LogP contribution is 2.29. The van der Waals surface area contributed by atoms with Crippen molar-refractivity contribution in [3.8, 4) is 0 Å². The molecule has 0 saturated heterocycles. The quantitative estimate of drug-likeness (QED) is 0.875. The van der Waals surface area contributed by atoms with E-state index in [-0.39, 0.29) is 11.9 Å². The Morgan fingerprint density at radius 2 is 2.11 bits per heavy atom. The molecule has 1 amide bonds. The molecule has 0 unspecified atom stereocenters. The third-order valence-electron chi connectivity index (χ3n) is 3.42. The maximum Gasteiger partial charge on any atom is 0.261 e. The molecular weight excluding hydrogens is 242 g/mol. The molecule has 3 rings (SSSR count). The van der Waals surface area contributed by atoms with Gasteiger partial charge in [-0.1, -0.05) is 30.3 Å². The molecule has 0 radical (unpaired) electrons. The Balaban J connectivity index is 1.80. The third kappa shape index (κ3) is 2.18. The summed E-state index contributed by atoms with van der Waals surface area (Å²) in [5, 5.41) is 5.08. The molecule has 1 aliphatic rings. The maximum atomic E-state index is 12.1. The van der Waals surface area contributed by atoms with E-state index >= 15 is 0 Å². The minimum Gasteiger partial charge on any atom is -0.345 e. The second kappa shape index (κ2) is 4.94. The molecular formula is C15H15NOS. The predicted octanol–water partition coefficient (Wildman–Crippen LogP) is 3.56. The van der Waals surface area contributed by atoms with Gasteiger partial charge in [0.05, 0.1) is 10.9 Å². The minimum atomic E-state index is 0.0479. The number of aryl methyl sites for hydroxylation is 1. The summed E-state index contributed by atoms with van der Waals surface area (Å²) < 4.78 is 0. The van der Waals surface area contributed by atoms with Crippen LogP contribution in [0.25, 0.3) is 0 Å². The van der Waals surface area contributed by atoms with Crippen molar-refractivity contribution in [3.63, 3.8) is 0 Å². The van der Waals surface area contributed by atoms with Crippen LogP contribution in [0.5, 0.6) is 0 Å². The van der Waals surface area contributed by atoms with Gasteiger partial charge in [-0.15, -0.1) is 11.3 Å². The Morgan fingerprint density at radius 1 is 1.22 bits per heavy atom. The smallest absolute Gasteiger partial charge is 0.261 e. The number of carbonyl (C=O) groups excluding carboxylic acids is 1. The third-order valence-corrected chi connectivity index (χ3v) is 4.29. The summed E-state index contributed by atoms with van der Waals surface area (Å²) in [4.78, 5) is 12.9. The van der Waals surface area contributed by atoms with E-state index in [1.54, 1.807) is 0 Å². The number of thiophene rings is 1. The first-order valence-corrected chi connectivity index (χ1v) is 7.15. The van der Waals surface area contributed by atoms with Gasteiger partial charge >= 0.3 is 0 Å². The highest BCUT2D eigenvalue weighted by molar-refractivity contribution is 7.12. The summed E-state index contributed by atoms with van der Waals surface area (Å²) in [5.41, 5.74) is 2.66. The van der Waals surface area contributed by atoms with Crippen LogP contribution in [0.1, 0.15) is 39.7 Å². The second-order valence-electron chi connectivity index (χ2n) is 4.59. The standard InChI is InChI=1S/C15H15NOS/c17-15(14-9-4-10-18-14)16-13-8-3-6-11-5-1-2-7-12(11)13/h1-2,4-5,7,9-10,13H,3,6,8H2,(H,16,17)/t13-/m0/s1. The fourth-order valence-corrected chi connectivity index (χ4v) is 3.17. The average molecular weight is 257 g/mol. The summed E-state index contributed by atoms with van der Waals surface area (Å²) >= 11 is 1.49. The molecule has 1 aliphatic carbocycles. The highest BCUT2D eigenvalue weighted by atomic mass is 32.1. The highest BCUT2D eigenvalue weighted by Gasteiger charge is 2.21. The molecule has 1 N–H and O–H groups in total. The van der Waals surface area contributed by atoms with Crippen molar-refractivity contribution >= 4 is 17.2 Å². The van der Waals surface area contributed by atoms with Crippen molar-refractivity contribution in [2.45, 2.75) is 25.3 Å². The fraction of sp³-hybridized carbons (Fsp3) is 0.267. The van der Waals surface area contributed by atoms with Gasteiger partial charge in [0, 0.05) is 0 Å². The number of rotatable bonds is 2. The Hall–Kier alpha value is -1.61. The van der Waals surface area contributed by atoms with Crippen LogP contribution in [0.4, 0.5) is 0 Å². The Kier molecular flexibility index (Phi) is 3.15. The SMILES string of the molecule is O=C(N[C@H]1CCCc2ccccc21)c1cccs1. The first kappa shape index (κ1) is 11.5. The lowest BCUT2D eigenvalue weighted by Crippen LogP contribution is -2.30. The van der Waals surface area contributed by atoms with Crippen LogP contribution < -0.4 is 5.32 Å². The van der Waals surface area contributed by atoms with E-state index < -0.39 is 0 Å². The lowest BCUT2D eigenvalue weighted by atomic mass is 9.88. The number of fused-ring (bicyclic) bond motifs is 1. The van der Waals surface area contributed by atoms with Crippen molar-refractivity contribution < 1.29 is 4.79 Å². The summed E-state index contributed by atoms with van der Waals surface area (Å²) in [7, 11) is 0. The van der Waals surface area contributed by atoms with Crippen molar-refractivity contribution in [3.05, 3.63) is 57.8 Å². The first-order valence-electron chi connectivity index (χ1n) is 6.27. The van der Waals surface area contributed by atoms with Gasteiger partial charge in [-0.05, 0) is 41.8 Å². The van der Waals surface area contributed by atoms with E-state index in [1.807, 2.05) is 17.5 Å². The summed E-state index contributed by atoms with van der Waals surface area (Å²) in [6.07, 6.45) is 3.31. The number of benzene rings is 1. The zero-order chi connectivity index (χ0) is 12.4. The molecule has 0 fully saturated rings. The monoisotopic (exact) mass is 257 g/mol. The average Bonchev–Trinajstić information content (AvgIpc) is 2.93. The van der Waals surface area contributed by atoms with Gasteiger partial charge in [-0.2, -0.15) is 0 Å². The Morgan fingerprint density at radius 3 is 2.94 bits per heavy atom. The van der Waals surface area contributed by atoms with Crippen molar-refractivity contribution in [1.29, 1.82) is 0 Å². The van der Waals surface area contributed by atoms with E-state index in [4.69, 9.17) is 0 Å². The van der Waals surface area contributed by atoms with Crippen molar-refractivity contribution in [1.82, 2.24) is 5.32 Å². The van der Waals surface area contributed by atoms with Crippen LogP contribution in [0.3, 0.4) is 0 Å². The molecule has 0 bridgehead atoms. The van der Waals surface area contributed by atoms with Crippen LogP contribution in [0, 0.1) is 0 Å². The molecule has 2 aromatic rings. The van der Waals surface area contributed by atoms with Gasteiger partial charge in [0.2, 0.25) is 0 Å². The second-order valence-corrected chi connectivity index (χ2v) is 5.54. The summed E-state index contributed by atoms with van der Waals surface area (Å²) in [5.74, 6) is 0.0479. The predicted molar refractivity (Wildman–Crippen MR) is 73.9 cm³/mol. The Labute approximate surface area is 111 Å². The fourth-order valence-electron chi connectivity index (χ4n) is 2.54. The van der Waals surface area contributed by atoms with E-state index in [0.29, 0.717) is 0 Å². The molecule has 3 heteroatoms. The molecule has 92 valence electrons. The van der Waals surface area contributed by atoms with Crippen molar-refractivity contribution in [2.75, 3.05) is 0 Å². The van der Waals surface area contributed by atoms with Crippen LogP contribution in [0.15, 0.2) is 41.8 Å². The molecule has 0 aliphatic heterocycles. The van der Waals surface area contributed by atoms with Gasteiger partial charge in [0.1, 0.15) is 0 Å². The Bertz CT molecular complexity index is 547. The molecule has 0 saturated carbocycles. The van der Waals surface area contributed by atoms with Crippen LogP contribution in [-0.2, 0) is 6.42 Å². The zero-order valence-electron chi connectivity index (χ0n) is 10.1. The topological polar surface area (TPSA) is 29.1 Å². The lowest BCUT2D eigenvalue weighted by molar-refractivity contribution is 0.0937. The van der Waals surface area contributed by atoms with Crippen LogP contribution in [0.2, 0.25) is 0 Å². The number of carbonyl (C=O) groups is 1. The minimum absolute atomic E-state index is 0.0479. The first-order chi connectivity index (χ1) is 8.84. The van der Waals surface area contributed by atoms with E-state index in [0.717, 1.165) is 24.1 Å². The van der Waals surface area contributed by atoms with Crippen molar-refractivity contribution in [2.24, 2.45) is 0 Å². The number of hydrogen-bond acceptors (Lipinski definition) is 2. The number of nitrogens with one attached hydrogen (secondary N) is 1. The summed E-state index contributed by atoms with van der Waals surface area (Å²) in [6.45, 7) is 0. The molecule has 1 aromatic carbocycles. The molecule has 2 nitrogen and oxygen atoms in total.